The van der Waals surface area contributed by atoms with Gasteiger partial charge in [-0.3, -0.25) is 14.6 Å². The zero-order chi connectivity index (χ0) is 78.6. The first-order valence-corrected chi connectivity index (χ1v) is 56.1. The molecule has 1 aromatic carbocycles. The van der Waals surface area contributed by atoms with Crippen LogP contribution in [0.25, 0.3) is 10.9 Å². The number of unbranched alkanes of at least 4 members (excludes halogenated alkanes) is 28. The SMILES string of the molecule is CCCCCCCCCCC(CN(CCCOC(=O)C(Cc1c[nH]c2ccccc12)NC(=O)CCCN(CC(CCCCCCCCCC)O[Si](C)(C)C(C)(C)C)CC(CCCCCCCCCC)O[Si](C)(C)C(C)(C)C)CC(CCCCCCCCCC)O[Si](C)(C)C(C)(C)C)O[Si](C)(C)C(C)(C)C. The van der Waals surface area contributed by atoms with Gasteiger partial charge in [-0.05, 0) is 129 Å². The maximum absolute atomic E-state index is 15.0. The molecule has 5 unspecified atom stereocenters. The van der Waals surface area contributed by atoms with Crippen LogP contribution in [0.4, 0.5) is 0 Å². The molecule has 616 valence electrons. The first-order chi connectivity index (χ1) is 49.3. The maximum Gasteiger partial charge on any atom is 0.328 e. The lowest BCUT2D eigenvalue weighted by molar-refractivity contribution is -0.148. The number of aromatic nitrogens is 1. The number of hydrogen-bond donors (Lipinski definition) is 2. The standard InChI is InChI=1S/C90H178N4O7Si4/c1-25-29-33-37-41-45-49-53-61-78(98-102(17,18)87(5,6)7)73-93(74-79(99-103(19,20)88(8,9)10)62-54-50-46-42-38-34-30-26-2)68-59-67-85(95)92-84(71-77-72-91-83-66-58-57-65-82(77)83)86(96)97-70-60-69-94(75-80(100-104(21,22)89(11,12)13)63-55-51-47-43-39-35-31-27-3)76-81(101-105(23,24)90(14,15)16)64-56-52-48-44-40-36-32-28-4/h57-58,65-66,72,78-81,84,91H,25-56,59-64,67-71,73-76H2,1-24H3,(H,92,95). The van der Waals surface area contributed by atoms with E-state index in [0.717, 1.165) is 94.3 Å². The highest BCUT2D eigenvalue weighted by atomic mass is 28.4. The number of nitrogens with one attached hydrogen (secondary N) is 2. The molecule has 2 rings (SSSR count). The molecule has 1 aromatic heterocycles. The van der Waals surface area contributed by atoms with Crippen molar-refractivity contribution < 1.29 is 32.0 Å². The summed E-state index contributed by atoms with van der Waals surface area (Å²) < 4.78 is 36.5. The quantitative estimate of drug-likeness (QED) is 0.0380. The Morgan fingerprint density at radius 2 is 0.686 bits per heavy atom. The van der Waals surface area contributed by atoms with Crippen molar-refractivity contribution in [1.29, 1.82) is 0 Å². The second-order valence-electron chi connectivity index (χ2n) is 38.9. The highest BCUT2D eigenvalue weighted by Crippen LogP contribution is 2.42. The summed E-state index contributed by atoms with van der Waals surface area (Å²) >= 11 is 0. The number of carbonyl (C=O) groups excluding carboxylic acids is 2. The topological polar surface area (TPSA) is 115 Å². The number of fused-ring (bicyclic) bond motifs is 1. The fourth-order valence-corrected chi connectivity index (χ4v) is 19.3. The van der Waals surface area contributed by atoms with E-state index >= 15 is 0 Å². The largest absolute Gasteiger partial charge is 0.464 e. The summed E-state index contributed by atoms with van der Waals surface area (Å²) in [6, 6.07) is 7.42. The van der Waals surface area contributed by atoms with Crippen LogP contribution in [0.3, 0.4) is 0 Å². The Labute approximate surface area is 656 Å². The van der Waals surface area contributed by atoms with Gasteiger partial charge in [-0.15, -0.1) is 0 Å². The molecular weight excluding hydrogens is 1360 g/mol. The van der Waals surface area contributed by atoms with E-state index in [4.69, 9.17) is 22.4 Å². The Hall–Kier alpha value is -1.67. The molecule has 11 nitrogen and oxygen atoms in total. The molecule has 0 radical (unpaired) electrons. The van der Waals surface area contributed by atoms with Crippen LogP contribution in [0.5, 0.6) is 0 Å². The second kappa shape index (κ2) is 52.6. The van der Waals surface area contributed by atoms with Crippen LogP contribution in [-0.2, 0) is 38.5 Å². The van der Waals surface area contributed by atoms with Crippen LogP contribution in [-0.4, -0.2) is 136 Å². The van der Waals surface area contributed by atoms with Crippen molar-refractivity contribution in [3.63, 3.8) is 0 Å². The number of H-pyrrole nitrogens is 1. The molecule has 15 heteroatoms. The van der Waals surface area contributed by atoms with Gasteiger partial charge in [0, 0.05) is 62.7 Å². The molecular formula is C90H178N4O7Si4. The van der Waals surface area contributed by atoms with Crippen LogP contribution in [0.2, 0.25) is 72.5 Å². The fraction of sp³-hybridized carbons (Fsp3) is 0.889. The molecule has 105 heavy (non-hydrogen) atoms. The summed E-state index contributed by atoms with van der Waals surface area (Å²) in [7, 11) is -8.57. The van der Waals surface area contributed by atoms with Gasteiger partial charge in [0.1, 0.15) is 6.04 Å². The molecule has 0 bridgehead atoms. The molecule has 2 aromatic rings. The van der Waals surface area contributed by atoms with Crippen LogP contribution < -0.4 is 5.32 Å². The van der Waals surface area contributed by atoms with E-state index < -0.39 is 39.3 Å². The van der Waals surface area contributed by atoms with Gasteiger partial charge in [0.25, 0.3) is 0 Å². The van der Waals surface area contributed by atoms with Gasteiger partial charge >= 0.3 is 5.97 Å². The third-order valence-corrected chi connectivity index (χ3v) is 43.0. The summed E-state index contributed by atoms with van der Waals surface area (Å²) in [5, 5.41) is 4.69. The molecule has 0 saturated carbocycles. The van der Waals surface area contributed by atoms with Crippen molar-refractivity contribution in [1.82, 2.24) is 20.1 Å². The number of aromatic amines is 1. The molecule has 0 saturated heterocycles. The first-order valence-electron chi connectivity index (χ1n) is 44.5. The van der Waals surface area contributed by atoms with E-state index in [1.165, 1.54) is 193 Å². The molecule has 5 atom stereocenters. The van der Waals surface area contributed by atoms with Gasteiger partial charge in [-0.25, -0.2) is 4.79 Å². The summed E-state index contributed by atoms with van der Waals surface area (Å²) in [4.78, 5) is 38.5. The smallest absolute Gasteiger partial charge is 0.328 e. The lowest BCUT2D eigenvalue weighted by atomic mass is 10.0. The average Bonchev–Trinajstić information content (AvgIpc) is 1.81. The molecule has 1 heterocycles. The number of amides is 1. The van der Waals surface area contributed by atoms with Crippen LogP contribution in [0.1, 0.15) is 367 Å². The summed E-state index contributed by atoms with van der Waals surface area (Å²) in [5.74, 6) is -0.486. The normalized spacial score (nSPS) is 14.8. The minimum atomic E-state index is -2.15. The van der Waals surface area contributed by atoms with E-state index in [0.29, 0.717) is 25.7 Å². The molecule has 0 aliphatic heterocycles. The van der Waals surface area contributed by atoms with E-state index in [9.17, 15) is 9.59 Å². The summed E-state index contributed by atoms with van der Waals surface area (Å²) in [6.45, 7) is 62.1. The number of hydrogen-bond acceptors (Lipinski definition) is 9. The lowest BCUT2D eigenvalue weighted by Gasteiger charge is -2.42. The van der Waals surface area contributed by atoms with Crippen molar-refractivity contribution >= 4 is 56.0 Å². The Balaban J connectivity index is 2.63. The molecule has 0 fully saturated rings. The number of carbonyl (C=O) groups is 2. The molecule has 0 spiro atoms. The number of esters is 1. The van der Waals surface area contributed by atoms with E-state index in [2.05, 4.69) is 195 Å². The van der Waals surface area contributed by atoms with Gasteiger partial charge in [-0.1, -0.05) is 334 Å². The van der Waals surface area contributed by atoms with Gasteiger partial charge < -0.3 is 32.7 Å². The van der Waals surface area contributed by atoms with Gasteiger partial charge in [-0.2, -0.15) is 0 Å². The number of rotatable bonds is 64. The second-order valence-corrected chi connectivity index (χ2v) is 57.9. The highest BCUT2D eigenvalue weighted by Gasteiger charge is 2.44. The van der Waals surface area contributed by atoms with Crippen LogP contribution in [0, 0.1) is 0 Å². The Morgan fingerprint density at radius 1 is 0.400 bits per heavy atom. The van der Waals surface area contributed by atoms with E-state index in [1.807, 2.05) is 18.3 Å². The monoisotopic (exact) mass is 1540 g/mol. The van der Waals surface area contributed by atoms with Crippen molar-refractivity contribution in [2.45, 2.75) is 471 Å². The Kier molecular flexibility index (Phi) is 49.8. The van der Waals surface area contributed by atoms with E-state index in [-0.39, 0.29) is 63.1 Å². The zero-order valence-corrected chi connectivity index (χ0v) is 78.3. The van der Waals surface area contributed by atoms with Crippen molar-refractivity contribution in [3.05, 3.63) is 36.0 Å². The molecule has 0 aliphatic rings. The summed E-state index contributed by atoms with van der Waals surface area (Å²) in [5.41, 5.74) is 2.01. The van der Waals surface area contributed by atoms with Gasteiger partial charge in [0.05, 0.1) is 31.0 Å². The predicted molar refractivity (Wildman–Crippen MR) is 469 cm³/mol. The Morgan fingerprint density at radius 3 is 0.990 bits per heavy atom. The first kappa shape index (κ1) is 99.4. The molecule has 0 aliphatic carbocycles. The van der Waals surface area contributed by atoms with Crippen LogP contribution >= 0.6 is 0 Å². The predicted octanol–water partition coefficient (Wildman–Crippen LogP) is 27.2. The minimum absolute atomic E-state index is 0.0777. The molecule has 2 N–H and O–H groups in total. The lowest BCUT2D eigenvalue weighted by Crippen LogP contribution is -2.50. The minimum Gasteiger partial charge on any atom is -0.464 e. The van der Waals surface area contributed by atoms with Crippen molar-refractivity contribution in [3.8, 4) is 0 Å². The zero-order valence-electron chi connectivity index (χ0n) is 74.3. The van der Waals surface area contributed by atoms with Gasteiger partial charge in [0.15, 0.2) is 33.3 Å². The third kappa shape index (κ3) is 42.7. The summed E-state index contributed by atoms with van der Waals surface area (Å²) in [6.07, 6.45) is 49.7. The molecule has 1 amide bonds. The average molecular weight is 1540 g/mol. The van der Waals surface area contributed by atoms with E-state index in [1.54, 1.807) is 0 Å². The number of nitrogens with zero attached hydrogens (tertiary/aromatic N) is 2. The van der Waals surface area contributed by atoms with Crippen LogP contribution in [0.15, 0.2) is 30.5 Å². The highest BCUT2D eigenvalue weighted by molar-refractivity contribution is 6.75. The van der Waals surface area contributed by atoms with Crippen molar-refractivity contribution in [2.75, 3.05) is 45.9 Å². The number of benzene rings is 1. The fourth-order valence-electron chi connectivity index (χ4n) is 13.8. The van der Waals surface area contributed by atoms with Gasteiger partial charge in [0.2, 0.25) is 5.91 Å². The number of para-hydroxylation sites is 1. The van der Waals surface area contributed by atoms with Crippen molar-refractivity contribution in [2.24, 2.45) is 0 Å². The number of ether oxygens (including phenoxy) is 1. The maximum atomic E-state index is 15.0. The Bertz CT molecular complexity index is 2400. The third-order valence-electron chi connectivity index (χ3n) is 24.9.